The second-order valence-electron chi connectivity index (χ2n) is 5.10. The molecule has 8 heteroatoms. The Balaban J connectivity index is 2.35. The van der Waals surface area contributed by atoms with Gasteiger partial charge in [0, 0.05) is 24.7 Å². The molecule has 1 unspecified atom stereocenters. The second-order valence-corrected chi connectivity index (χ2v) is 6.99. The molecule has 1 aliphatic rings. The van der Waals surface area contributed by atoms with E-state index < -0.39 is 14.9 Å². The molecule has 21 heavy (non-hydrogen) atoms. The van der Waals surface area contributed by atoms with Crippen molar-refractivity contribution in [1.29, 1.82) is 0 Å². The lowest BCUT2D eigenvalue weighted by Gasteiger charge is -2.34. The van der Waals surface area contributed by atoms with E-state index in [0.29, 0.717) is 19.5 Å². The molecule has 1 aliphatic heterocycles. The zero-order valence-corrected chi connectivity index (χ0v) is 12.5. The van der Waals surface area contributed by atoms with Gasteiger partial charge in [0.1, 0.15) is 0 Å². The van der Waals surface area contributed by atoms with Gasteiger partial charge in [0.2, 0.25) is 10.0 Å². The van der Waals surface area contributed by atoms with Crippen LogP contribution in [0.15, 0.2) is 29.2 Å². The van der Waals surface area contributed by atoms with Crippen molar-refractivity contribution in [2.75, 3.05) is 13.1 Å². The van der Waals surface area contributed by atoms with Crippen molar-refractivity contribution in [3.8, 4) is 0 Å². The van der Waals surface area contributed by atoms with Crippen LogP contribution in [0.2, 0.25) is 0 Å². The molecule has 0 spiro atoms. The first kappa shape index (κ1) is 15.9. The molecule has 1 saturated heterocycles. The molecule has 0 aliphatic carbocycles. The molecule has 0 bridgehead atoms. The molecule has 1 atom stereocenters. The minimum Gasteiger partial charge on any atom is -0.330 e. The van der Waals surface area contributed by atoms with Gasteiger partial charge in [-0.3, -0.25) is 10.1 Å². The number of rotatable bonds is 5. The average molecular weight is 313 g/mol. The highest BCUT2D eigenvalue weighted by molar-refractivity contribution is 7.89. The first-order valence-electron chi connectivity index (χ1n) is 6.93. The summed E-state index contributed by atoms with van der Waals surface area (Å²) in [4.78, 5) is 10.2. The Bertz CT molecular complexity index is 616. The van der Waals surface area contributed by atoms with E-state index in [1.165, 1.54) is 22.5 Å². The van der Waals surface area contributed by atoms with Crippen molar-refractivity contribution in [2.45, 2.75) is 36.6 Å². The second kappa shape index (κ2) is 6.50. The smallest absolute Gasteiger partial charge is 0.270 e. The van der Waals surface area contributed by atoms with Gasteiger partial charge < -0.3 is 5.73 Å². The third-order valence-corrected chi connectivity index (χ3v) is 5.66. The first-order chi connectivity index (χ1) is 9.96. The minimum absolute atomic E-state index is 0.0272. The van der Waals surface area contributed by atoms with Crippen molar-refractivity contribution in [3.05, 3.63) is 34.4 Å². The van der Waals surface area contributed by atoms with Gasteiger partial charge in [-0.15, -0.1) is 0 Å². The number of non-ortho nitro benzene ring substituents is 1. The Morgan fingerprint density at radius 3 is 2.81 bits per heavy atom. The van der Waals surface area contributed by atoms with Crippen LogP contribution in [0.4, 0.5) is 5.69 Å². The Morgan fingerprint density at radius 1 is 1.38 bits per heavy atom. The maximum absolute atomic E-state index is 12.7. The summed E-state index contributed by atoms with van der Waals surface area (Å²) in [5, 5.41) is 10.8. The van der Waals surface area contributed by atoms with E-state index in [1.54, 1.807) is 0 Å². The van der Waals surface area contributed by atoms with Gasteiger partial charge in [0.05, 0.1) is 9.82 Å². The molecule has 2 N–H and O–H groups in total. The summed E-state index contributed by atoms with van der Waals surface area (Å²) in [6.45, 7) is 0.862. The lowest BCUT2D eigenvalue weighted by atomic mass is 10.0. The molecule has 116 valence electrons. The monoisotopic (exact) mass is 313 g/mol. The normalized spacial score (nSPS) is 20.3. The van der Waals surface area contributed by atoms with E-state index >= 15 is 0 Å². The van der Waals surface area contributed by atoms with Crippen molar-refractivity contribution >= 4 is 15.7 Å². The summed E-state index contributed by atoms with van der Waals surface area (Å²) in [6, 6.07) is 5.08. The van der Waals surface area contributed by atoms with Crippen molar-refractivity contribution in [2.24, 2.45) is 5.73 Å². The fraction of sp³-hybridized carbons (Fsp3) is 0.538. The molecule has 0 aromatic heterocycles. The number of hydrogen-bond donors (Lipinski definition) is 1. The largest absolute Gasteiger partial charge is 0.330 e. The zero-order chi connectivity index (χ0) is 15.5. The molecule has 0 saturated carbocycles. The van der Waals surface area contributed by atoms with Crippen molar-refractivity contribution in [1.82, 2.24) is 4.31 Å². The third kappa shape index (κ3) is 3.39. The maximum Gasteiger partial charge on any atom is 0.270 e. The highest BCUT2D eigenvalue weighted by atomic mass is 32.2. The minimum atomic E-state index is -3.72. The fourth-order valence-electron chi connectivity index (χ4n) is 2.66. The third-order valence-electron chi connectivity index (χ3n) is 3.71. The van der Waals surface area contributed by atoms with E-state index in [4.69, 9.17) is 5.73 Å². The Labute approximate surface area is 123 Å². The van der Waals surface area contributed by atoms with Gasteiger partial charge in [-0.25, -0.2) is 8.42 Å². The lowest BCUT2D eigenvalue weighted by Crippen LogP contribution is -2.44. The van der Waals surface area contributed by atoms with E-state index in [9.17, 15) is 18.5 Å². The maximum atomic E-state index is 12.7. The van der Waals surface area contributed by atoms with Gasteiger partial charge in [-0.2, -0.15) is 4.31 Å². The number of nitro benzene ring substituents is 1. The predicted molar refractivity (Wildman–Crippen MR) is 78.3 cm³/mol. The lowest BCUT2D eigenvalue weighted by molar-refractivity contribution is -0.385. The summed E-state index contributed by atoms with van der Waals surface area (Å²) in [7, 11) is -3.72. The SMILES string of the molecule is NCCC1CCCCN1S(=O)(=O)c1cccc([N+](=O)[O-])c1. The van der Waals surface area contributed by atoms with Gasteiger partial charge >= 0.3 is 0 Å². The summed E-state index contributed by atoms with van der Waals surface area (Å²) < 4.78 is 26.9. The Kier molecular flexibility index (Phi) is 4.92. The number of nitro groups is 1. The van der Waals surface area contributed by atoms with Crippen LogP contribution >= 0.6 is 0 Å². The number of benzene rings is 1. The van der Waals surface area contributed by atoms with Crippen LogP contribution in [-0.4, -0.2) is 36.8 Å². The highest BCUT2D eigenvalue weighted by Gasteiger charge is 2.33. The van der Waals surface area contributed by atoms with Crippen LogP contribution in [0.5, 0.6) is 0 Å². The molecule has 1 fully saturated rings. The van der Waals surface area contributed by atoms with Gasteiger partial charge in [-0.1, -0.05) is 12.5 Å². The van der Waals surface area contributed by atoms with E-state index in [-0.39, 0.29) is 16.6 Å². The van der Waals surface area contributed by atoms with E-state index in [2.05, 4.69) is 0 Å². The number of nitrogens with zero attached hydrogens (tertiary/aromatic N) is 2. The molecular weight excluding hydrogens is 294 g/mol. The molecule has 1 heterocycles. The molecule has 0 amide bonds. The zero-order valence-electron chi connectivity index (χ0n) is 11.6. The number of hydrogen-bond acceptors (Lipinski definition) is 5. The van der Waals surface area contributed by atoms with Crippen LogP contribution in [0.1, 0.15) is 25.7 Å². The van der Waals surface area contributed by atoms with Gasteiger partial charge in [0.15, 0.2) is 0 Å². The molecule has 7 nitrogen and oxygen atoms in total. The summed E-state index contributed by atoms with van der Waals surface area (Å²) in [6.07, 6.45) is 3.17. The molecular formula is C13H19N3O4S. The standard InChI is InChI=1S/C13H19N3O4S/c14-8-7-11-4-1-2-9-15(11)21(19,20)13-6-3-5-12(10-13)16(17)18/h3,5-6,10-11H,1-2,4,7-9,14H2. The van der Waals surface area contributed by atoms with Crippen LogP contribution in [0.3, 0.4) is 0 Å². The van der Waals surface area contributed by atoms with Crippen LogP contribution in [0.25, 0.3) is 0 Å². The molecule has 0 radical (unpaired) electrons. The first-order valence-corrected chi connectivity index (χ1v) is 8.37. The Morgan fingerprint density at radius 2 is 2.14 bits per heavy atom. The van der Waals surface area contributed by atoms with Crippen molar-refractivity contribution in [3.63, 3.8) is 0 Å². The van der Waals surface area contributed by atoms with Gasteiger partial charge in [0.25, 0.3) is 5.69 Å². The Hall–Kier alpha value is -1.51. The summed E-state index contributed by atoms with van der Waals surface area (Å²) >= 11 is 0. The van der Waals surface area contributed by atoms with Crippen LogP contribution in [0, 0.1) is 10.1 Å². The predicted octanol–water partition coefficient (Wildman–Crippen LogP) is 1.49. The fourth-order valence-corrected chi connectivity index (χ4v) is 4.43. The quantitative estimate of drug-likeness (QED) is 0.654. The van der Waals surface area contributed by atoms with Crippen molar-refractivity contribution < 1.29 is 13.3 Å². The highest BCUT2D eigenvalue weighted by Crippen LogP contribution is 2.28. The molecule has 1 aromatic rings. The number of nitrogens with two attached hydrogens (primary N) is 1. The molecule has 1 aromatic carbocycles. The summed E-state index contributed by atoms with van der Waals surface area (Å²) in [5.41, 5.74) is 5.34. The van der Waals surface area contributed by atoms with E-state index in [0.717, 1.165) is 25.3 Å². The average Bonchev–Trinajstić information content (AvgIpc) is 2.48. The topological polar surface area (TPSA) is 107 Å². The molecule has 2 rings (SSSR count). The number of sulfonamides is 1. The number of piperidine rings is 1. The van der Waals surface area contributed by atoms with Gasteiger partial charge in [-0.05, 0) is 31.9 Å². The van der Waals surface area contributed by atoms with E-state index in [1.807, 2.05) is 0 Å². The van der Waals surface area contributed by atoms with Crippen LogP contribution in [-0.2, 0) is 10.0 Å². The summed E-state index contributed by atoms with van der Waals surface area (Å²) in [5.74, 6) is 0. The van der Waals surface area contributed by atoms with Crippen LogP contribution < -0.4 is 5.73 Å².